The molecule has 5 nitrogen and oxygen atoms in total. The van der Waals surface area contributed by atoms with E-state index in [0.29, 0.717) is 0 Å². The lowest BCUT2D eigenvalue weighted by atomic mass is 10.1. The summed E-state index contributed by atoms with van der Waals surface area (Å²) < 4.78 is 0. The normalized spacial score (nSPS) is 12.1. The number of aromatic amines is 1. The first kappa shape index (κ1) is 20.0. The highest BCUT2D eigenvalue weighted by Crippen LogP contribution is 2.22. The summed E-state index contributed by atoms with van der Waals surface area (Å²) in [7, 11) is 0. The number of nitrogens with zero attached hydrogens (tertiary/aromatic N) is 1. The molecule has 30 heavy (non-hydrogen) atoms. The Hall–Kier alpha value is -3.31. The quantitative estimate of drug-likeness (QED) is 0.294. The van der Waals surface area contributed by atoms with E-state index in [2.05, 4.69) is 101 Å². The SMILES string of the molecule is CCNC(C)c1cc(Nc2ccc(NCCc3c[nH]c4ccccc34)cc2)ccn1. The van der Waals surface area contributed by atoms with Crippen molar-refractivity contribution in [3.63, 3.8) is 0 Å². The third-order valence-corrected chi connectivity index (χ3v) is 5.31. The summed E-state index contributed by atoms with van der Waals surface area (Å²) in [4.78, 5) is 7.81. The van der Waals surface area contributed by atoms with Gasteiger partial charge in [-0.05, 0) is 67.9 Å². The van der Waals surface area contributed by atoms with Crippen molar-refractivity contribution in [2.45, 2.75) is 26.3 Å². The van der Waals surface area contributed by atoms with Crippen molar-refractivity contribution < 1.29 is 0 Å². The van der Waals surface area contributed by atoms with Crippen LogP contribution in [0.5, 0.6) is 0 Å². The van der Waals surface area contributed by atoms with Gasteiger partial charge < -0.3 is 20.9 Å². The number of pyridine rings is 1. The topological polar surface area (TPSA) is 64.8 Å². The third kappa shape index (κ3) is 4.81. The summed E-state index contributed by atoms with van der Waals surface area (Å²) in [5.41, 5.74) is 6.81. The molecule has 0 saturated heterocycles. The van der Waals surface area contributed by atoms with Crippen LogP contribution in [0.25, 0.3) is 10.9 Å². The molecule has 0 bridgehead atoms. The fourth-order valence-electron chi connectivity index (χ4n) is 3.69. The molecule has 1 unspecified atom stereocenters. The molecule has 0 aliphatic heterocycles. The van der Waals surface area contributed by atoms with Gasteiger partial charge in [-0.2, -0.15) is 0 Å². The summed E-state index contributed by atoms with van der Waals surface area (Å²) in [6, 6.07) is 21.2. The Morgan fingerprint density at radius 1 is 0.967 bits per heavy atom. The van der Waals surface area contributed by atoms with E-state index >= 15 is 0 Å². The van der Waals surface area contributed by atoms with E-state index in [9.17, 15) is 0 Å². The first-order valence-electron chi connectivity index (χ1n) is 10.6. The number of nitrogens with one attached hydrogen (secondary N) is 4. The molecular weight excluding hydrogens is 370 g/mol. The Bertz CT molecular complexity index is 1080. The molecule has 2 aromatic heterocycles. The molecule has 0 saturated carbocycles. The van der Waals surface area contributed by atoms with Crippen molar-refractivity contribution >= 4 is 28.0 Å². The van der Waals surface area contributed by atoms with Crippen LogP contribution in [0.1, 0.15) is 31.1 Å². The molecule has 4 N–H and O–H groups in total. The predicted octanol–water partition coefficient (Wildman–Crippen LogP) is 5.63. The van der Waals surface area contributed by atoms with E-state index in [4.69, 9.17) is 0 Å². The van der Waals surface area contributed by atoms with Gasteiger partial charge in [0.25, 0.3) is 0 Å². The summed E-state index contributed by atoms with van der Waals surface area (Å²) >= 11 is 0. The second-order valence-electron chi connectivity index (χ2n) is 7.49. The molecular formula is C25H29N5. The fraction of sp³-hybridized carbons (Fsp3) is 0.240. The van der Waals surface area contributed by atoms with Crippen molar-refractivity contribution in [1.82, 2.24) is 15.3 Å². The molecule has 4 rings (SSSR count). The van der Waals surface area contributed by atoms with E-state index in [1.165, 1.54) is 16.5 Å². The summed E-state index contributed by atoms with van der Waals surface area (Å²) in [6.07, 6.45) is 4.94. The number of para-hydroxylation sites is 1. The number of fused-ring (bicyclic) bond motifs is 1. The first-order valence-corrected chi connectivity index (χ1v) is 10.6. The summed E-state index contributed by atoms with van der Waals surface area (Å²) in [5, 5.41) is 11.7. The van der Waals surface area contributed by atoms with E-state index in [-0.39, 0.29) is 6.04 Å². The first-order chi connectivity index (χ1) is 14.7. The number of anilines is 3. The van der Waals surface area contributed by atoms with Crippen LogP contribution in [0.3, 0.4) is 0 Å². The molecule has 2 aromatic carbocycles. The van der Waals surface area contributed by atoms with Crippen LogP contribution in [0.2, 0.25) is 0 Å². The van der Waals surface area contributed by atoms with Gasteiger partial charge in [-0.15, -0.1) is 0 Å². The van der Waals surface area contributed by atoms with Gasteiger partial charge in [0.05, 0.1) is 5.69 Å². The molecule has 0 spiro atoms. The van der Waals surface area contributed by atoms with E-state index in [1.807, 2.05) is 12.3 Å². The Kier molecular flexibility index (Phi) is 6.30. The highest BCUT2D eigenvalue weighted by atomic mass is 14.9. The molecule has 1 atom stereocenters. The van der Waals surface area contributed by atoms with Crippen LogP contribution in [-0.2, 0) is 6.42 Å². The maximum Gasteiger partial charge on any atom is 0.0590 e. The number of H-pyrrole nitrogens is 1. The predicted molar refractivity (Wildman–Crippen MR) is 127 cm³/mol. The second-order valence-corrected chi connectivity index (χ2v) is 7.49. The summed E-state index contributed by atoms with van der Waals surface area (Å²) in [5.74, 6) is 0. The van der Waals surface area contributed by atoms with Crippen LogP contribution in [0.4, 0.5) is 17.1 Å². The summed E-state index contributed by atoms with van der Waals surface area (Å²) in [6.45, 7) is 6.06. The highest BCUT2D eigenvalue weighted by molar-refractivity contribution is 5.83. The molecule has 154 valence electrons. The maximum absolute atomic E-state index is 4.47. The number of rotatable bonds is 9. The van der Waals surface area contributed by atoms with Crippen molar-refractivity contribution in [3.8, 4) is 0 Å². The smallest absolute Gasteiger partial charge is 0.0590 e. The average molecular weight is 400 g/mol. The van der Waals surface area contributed by atoms with Gasteiger partial charge in [-0.25, -0.2) is 0 Å². The zero-order valence-corrected chi connectivity index (χ0v) is 17.6. The van der Waals surface area contributed by atoms with Crippen LogP contribution in [-0.4, -0.2) is 23.1 Å². The zero-order valence-electron chi connectivity index (χ0n) is 17.6. The number of aromatic nitrogens is 2. The molecule has 0 radical (unpaired) electrons. The van der Waals surface area contributed by atoms with Crippen LogP contribution >= 0.6 is 0 Å². The van der Waals surface area contributed by atoms with Gasteiger partial charge >= 0.3 is 0 Å². The van der Waals surface area contributed by atoms with E-state index in [0.717, 1.165) is 42.3 Å². The largest absolute Gasteiger partial charge is 0.385 e. The number of benzene rings is 2. The lowest BCUT2D eigenvalue weighted by Gasteiger charge is -2.14. The van der Waals surface area contributed by atoms with Gasteiger partial charge in [-0.3, -0.25) is 4.98 Å². The average Bonchev–Trinajstić information content (AvgIpc) is 3.19. The number of hydrogen-bond acceptors (Lipinski definition) is 4. The van der Waals surface area contributed by atoms with Gasteiger partial charge in [0.1, 0.15) is 0 Å². The molecule has 2 heterocycles. The monoisotopic (exact) mass is 399 g/mol. The Labute approximate surface area is 177 Å². The highest BCUT2D eigenvalue weighted by Gasteiger charge is 2.06. The maximum atomic E-state index is 4.47. The van der Waals surface area contributed by atoms with Crippen LogP contribution in [0.15, 0.2) is 73.1 Å². The molecule has 0 aliphatic carbocycles. The van der Waals surface area contributed by atoms with Crippen molar-refractivity contribution in [2.24, 2.45) is 0 Å². The molecule has 5 heteroatoms. The second kappa shape index (κ2) is 9.46. The Balaban J connectivity index is 1.32. The molecule has 0 fully saturated rings. The van der Waals surface area contributed by atoms with Crippen LogP contribution < -0.4 is 16.0 Å². The minimum absolute atomic E-state index is 0.237. The Morgan fingerprint density at radius 3 is 2.60 bits per heavy atom. The zero-order chi connectivity index (χ0) is 20.8. The van der Waals surface area contributed by atoms with Gasteiger partial charge in [0, 0.05) is 52.9 Å². The fourth-order valence-corrected chi connectivity index (χ4v) is 3.69. The van der Waals surface area contributed by atoms with Gasteiger partial charge in [0.2, 0.25) is 0 Å². The third-order valence-electron chi connectivity index (χ3n) is 5.31. The van der Waals surface area contributed by atoms with Crippen LogP contribution in [0, 0.1) is 0 Å². The van der Waals surface area contributed by atoms with Gasteiger partial charge in [-0.1, -0.05) is 25.1 Å². The van der Waals surface area contributed by atoms with E-state index in [1.54, 1.807) is 0 Å². The standard InChI is InChI=1S/C25H29N5/c1-3-26-18(2)25-16-22(13-15-28-25)30-21-10-8-20(9-11-21)27-14-12-19-17-29-24-7-5-4-6-23(19)24/h4-11,13,15-18,26-27,29H,3,12,14H2,1-2H3,(H,28,30). The van der Waals surface area contributed by atoms with Crippen molar-refractivity contribution in [2.75, 3.05) is 23.7 Å². The molecule has 0 aliphatic rings. The molecule has 4 aromatic rings. The minimum atomic E-state index is 0.237. The van der Waals surface area contributed by atoms with Crippen molar-refractivity contribution in [3.05, 3.63) is 84.3 Å². The minimum Gasteiger partial charge on any atom is -0.385 e. The lowest BCUT2D eigenvalue weighted by Crippen LogP contribution is -2.18. The lowest BCUT2D eigenvalue weighted by molar-refractivity contribution is 0.584. The van der Waals surface area contributed by atoms with Gasteiger partial charge in [0.15, 0.2) is 0 Å². The van der Waals surface area contributed by atoms with Crippen molar-refractivity contribution in [1.29, 1.82) is 0 Å². The Morgan fingerprint density at radius 2 is 1.77 bits per heavy atom. The molecule has 0 amide bonds. The number of hydrogen-bond donors (Lipinski definition) is 4. The van der Waals surface area contributed by atoms with E-state index < -0.39 is 0 Å².